The topological polar surface area (TPSA) is 29.3 Å². The molecule has 0 amide bonds. The van der Waals surface area contributed by atoms with Crippen LogP contribution in [0.1, 0.15) is 37.9 Å². The van der Waals surface area contributed by atoms with Gasteiger partial charge in [-0.15, -0.1) is 0 Å². The normalized spacial score (nSPS) is 14.0. The predicted molar refractivity (Wildman–Crippen MR) is 80.1 cm³/mol. The quantitative estimate of drug-likeness (QED) is 0.831. The molecule has 0 aliphatic heterocycles. The highest BCUT2D eigenvalue weighted by atomic mass is 19.4. The minimum atomic E-state index is -4.18. The van der Waals surface area contributed by atoms with E-state index in [0.717, 1.165) is 12.0 Å². The molecule has 2 nitrogen and oxygen atoms in total. The second kappa shape index (κ2) is 7.80. The Morgan fingerprint density at radius 3 is 2.14 bits per heavy atom. The Kier molecular flexibility index (Phi) is 6.68. The first kappa shape index (κ1) is 18.0. The first-order valence-electron chi connectivity index (χ1n) is 7.34. The van der Waals surface area contributed by atoms with Crippen molar-refractivity contribution in [3.8, 4) is 0 Å². The van der Waals surface area contributed by atoms with Crippen LogP contribution in [0.3, 0.4) is 0 Å². The molecule has 0 radical (unpaired) electrons. The summed E-state index contributed by atoms with van der Waals surface area (Å²) in [5.74, 6) is 0.576. The maximum absolute atomic E-state index is 12.4. The summed E-state index contributed by atoms with van der Waals surface area (Å²) in [5, 5.41) is 0. The molecule has 120 valence electrons. The Hall–Kier alpha value is -1.07. The number of alkyl halides is 3. The van der Waals surface area contributed by atoms with Crippen LogP contribution in [-0.2, 0) is 6.42 Å². The minimum Gasteiger partial charge on any atom is -0.323 e. The van der Waals surface area contributed by atoms with Crippen LogP contribution in [0.15, 0.2) is 24.3 Å². The lowest BCUT2D eigenvalue weighted by Crippen LogP contribution is -2.38. The molecule has 1 rings (SSSR count). The molecule has 0 fully saturated rings. The van der Waals surface area contributed by atoms with Crippen LogP contribution in [0.2, 0.25) is 0 Å². The molecule has 0 heterocycles. The van der Waals surface area contributed by atoms with Crippen LogP contribution in [0, 0.1) is 5.92 Å². The van der Waals surface area contributed by atoms with Crippen molar-refractivity contribution in [3.63, 3.8) is 0 Å². The van der Waals surface area contributed by atoms with Gasteiger partial charge in [0.15, 0.2) is 0 Å². The third kappa shape index (κ3) is 6.96. The van der Waals surface area contributed by atoms with Crippen LogP contribution in [-0.4, -0.2) is 30.7 Å². The lowest BCUT2D eigenvalue weighted by molar-refractivity contribution is -0.145. The monoisotopic (exact) mass is 302 g/mol. The maximum atomic E-state index is 12.4. The molecule has 0 aromatic heterocycles. The molecule has 2 N–H and O–H groups in total. The third-order valence-electron chi connectivity index (χ3n) is 3.36. The molecule has 5 heteroatoms. The zero-order chi connectivity index (χ0) is 16.0. The Morgan fingerprint density at radius 1 is 1.14 bits per heavy atom. The van der Waals surface area contributed by atoms with Crippen molar-refractivity contribution in [2.75, 3.05) is 19.6 Å². The van der Waals surface area contributed by atoms with Crippen molar-refractivity contribution in [3.05, 3.63) is 35.4 Å². The van der Waals surface area contributed by atoms with Crippen molar-refractivity contribution in [2.45, 2.75) is 39.4 Å². The molecule has 1 unspecified atom stereocenters. The summed E-state index contributed by atoms with van der Waals surface area (Å²) >= 11 is 0. The van der Waals surface area contributed by atoms with E-state index in [2.05, 4.69) is 13.8 Å². The van der Waals surface area contributed by atoms with Gasteiger partial charge in [-0.05, 0) is 30.0 Å². The van der Waals surface area contributed by atoms with Gasteiger partial charge in [0.1, 0.15) is 0 Å². The SMILES string of the molecule is CCN(CC(N)c1ccc(CC(C)C)cc1)CC(F)(F)F. The van der Waals surface area contributed by atoms with Crippen LogP contribution < -0.4 is 5.73 Å². The summed E-state index contributed by atoms with van der Waals surface area (Å²) < 4.78 is 37.3. The number of halogens is 3. The van der Waals surface area contributed by atoms with Gasteiger partial charge >= 0.3 is 6.18 Å². The van der Waals surface area contributed by atoms with E-state index in [4.69, 9.17) is 5.73 Å². The van der Waals surface area contributed by atoms with E-state index in [1.165, 1.54) is 10.5 Å². The zero-order valence-electron chi connectivity index (χ0n) is 13.0. The molecular formula is C16H25F3N2. The molecule has 0 saturated carbocycles. The number of nitrogens with zero attached hydrogens (tertiary/aromatic N) is 1. The lowest BCUT2D eigenvalue weighted by atomic mass is 9.99. The number of rotatable bonds is 7. The number of hydrogen-bond acceptors (Lipinski definition) is 2. The van der Waals surface area contributed by atoms with Crippen molar-refractivity contribution in [1.82, 2.24) is 4.90 Å². The molecular weight excluding hydrogens is 277 g/mol. The molecule has 0 spiro atoms. The molecule has 0 bridgehead atoms. The van der Waals surface area contributed by atoms with Gasteiger partial charge in [0.05, 0.1) is 6.54 Å². The average molecular weight is 302 g/mol. The highest BCUT2D eigenvalue weighted by Gasteiger charge is 2.30. The maximum Gasteiger partial charge on any atom is 0.401 e. The van der Waals surface area contributed by atoms with Gasteiger partial charge in [-0.25, -0.2) is 0 Å². The van der Waals surface area contributed by atoms with E-state index in [9.17, 15) is 13.2 Å². The van der Waals surface area contributed by atoms with E-state index in [1.807, 2.05) is 24.3 Å². The fourth-order valence-electron chi connectivity index (χ4n) is 2.31. The largest absolute Gasteiger partial charge is 0.401 e. The number of nitrogens with two attached hydrogens (primary N) is 1. The number of hydrogen-bond donors (Lipinski definition) is 1. The smallest absolute Gasteiger partial charge is 0.323 e. The lowest BCUT2D eigenvalue weighted by Gasteiger charge is -2.25. The Bertz CT molecular complexity index is 413. The van der Waals surface area contributed by atoms with Crippen LogP contribution in [0.5, 0.6) is 0 Å². The van der Waals surface area contributed by atoms with E-state index in [-0.39, 0.29) is 6.54 Å². The minimum absolute atomic E-state index is 0.208. The Labute approximate surface area is 125 Å². The van der Waals surface area contributed by atoms with Crippen molar-refractivity contribution < 1.29 is 13.2 Å². The number of likely N-dealkylation sites (N-methyl/N-ethyl adjacent to an activating group) is 1. The molecule has 1 aromatic rings. The summed E-state index contributed by atoms with van der Waals surface area (Å²) in [5.41, 5.74) is 8.14. The summed E-state index contributed by atoms with van der Waals surface area (Å²) in [6, 6.07) is 7.46. The Balaban J connectivity index is 2.63. The van der Waals surface area contributed by atoms with E-state index < -0.39 is 18.8 Å². The van der Waals surface area contributed by atoms with Gasteiger partial charge in [0, 0.05) is 12.6 Å². The number of benzene rings is 1. The van der Waals surface area contributed by atoms with Crippen LogP contribution in [0.4, 0.5) is 13.2 Å². The van der Waals surface area contributed by atoms with E-state index in [0.29, 0.717) is 12.5 Å². The highest BCUT2D eigenvalue weighted by molar-refractivity contribution is 5.25. The average Bonchev–Trinajstić information content (AvgIpc) is 2.36. The first-order valence-corrected chi connectivity index (χ1v) is 7.34. The van der Waals surface area contributed by atoms with Gasteiger partial charge in [0.2, 0.25) is 0 Å². The van der Waals surface area contributed by atoms with Gasteiger partial charge in [-0.1, -0.05) is 45.0 Å². The standard InChI is InChI=1S/C16H25F3N2/c1-4-21(11-16(17,18)19)10-15(20)14-7-5-13(6-8-14)9-12(2)3/h5-8,12,15H,4,9-11,20H2,1-3H3. The first-order chi connectivity index (χ1) is 9.71. The summed E-state index contributed by atoms with van der Waals surface area (Å²) in [7, 11) is 0. The van der Waals surface area contributed by atoms with Gasteiger partial charge in [-0.3, -0.25) is 4.90 Å². The van der Waals surface area contributed by atoms with Crippen molar-refractivity contribution >= 4 is 0 Å². The van der Waals surface area contributed by atoms with Gasteiger partial charge in [0.25, 0.3) is 0 Å². The van der Waals surface area contributed by atoms with Gasteiger partial charge in [-0.2, -0.15) is 13.2 Å². The predicted octanol–water partition coefficient (Wildman–Crippen LogP) is 3.77. The fourth-order valence-corrected chi connectivity index (χ4v) is 2.31. The highest BCUT2D eigenvalue weighted by Crippen LogP contribution is 2.19. The van der Waals surface area contributed by atoms with E-state index >= 15 is 0 Å². The second-order valence-corrected chi connectivity index (χ2v) is 5.89. The molecule has 1 atom stereocenters. The molecule has 0 aliphatic rings. The Morgan fingerprint density at radius 2 is 1.71 bits per heavy atom. The molecule has 0 saturated heterocycles. The summed E-state index contributed by atoms with van der Waals surface area (Å²) in [4.78, 5) is 1.33. The van der Waals surface area contributed by atoms with Crippen LogP contribution >= 0.6 is 0 Å². The van der Waals surface area contributed by atoms with Crippen molar-refractivity contribution in [2.24, 2.45) is 11.7 Å². The molecule has 1 aromatic carbocycles. The summed E-state index contributed by atoms with van der Waals surface area (Å²) in [6.07, 6.45) is -3.19. The zero-order valence-corrected chi connectivity index (χ0v) is 13.0. The summed E-state index contributed by atoms with van der Waals surface area (Å²) in [6.45, 7) is 5.64. The van der Waals surface area contributed by atoms with E-state index in [1.54, 1.807) is 6.92 Å². The van der Waals surface area contributed by atoms with Crippen molar-refractivity contribution in [1.29, 1.82) is 0 Å². The molecule has 21 heavy (non-hydrogen) atoms. The second-order valence-electron chi connectivity index (χ2n) is 5.89. The fraction of sp³-hybridized carbons (Fsp3) is 0.625. The third-order valence-corrected chi connectivity index (χ3v) is 3.36. The van der Waals surface area contributed by atoms with Crippen LogP contribution in [0.25, 0.3) is 0 Å². The van der Waals surface area contributed by atoms with Gasteiger partial charge < -0.3 is 5.73 Å². The molecule has 0 aliphatic carbocycles.